The third-order valence-corrected chi connectivity index (χ3v) is 4.36. The van der Waals surface area contributed by atoms with E-state index in [9.17, 15) is 9.59 Å². The fourth-order valence-electron chi connectivity index (χ4n) is 2.18. The first-order valence-corrected chi connectivity index (χ1v) is 8.55. The molecule has 1 N–H and O–H groups in total. The summed E-state index contributed by atoms with van der Waals surface area (Å²) in [5, 5.41) is 3.49. The number of amides is 2. The van der Waals surface area contributed by atoms with E-state index in [4.69, 9.17) is 0 Å². The predicted molar refractivity (Wildman–Crippen MR) is 105 cm³/mol. The number of hydrogen-bond donors (Lipinski definition) is 1. The van der Waals surface area contributed by atoms with Crippen molar-refractivity contribution in [2.45, 2.75) is 20.3 Å². The maximum Gasteiger partial charge on any atom is 0.266 e. The van der Waals surface area contributed by atoms with Gasteiger partial charge >= 0.3 is 0 Å². The van der Waals surface area contributed by atoms with Crippen LogP contribution in [0.1, 0.15) is 19.4 Å². The first-order valence-electron chi connectivity index (χ1n) is 7.73. The Morgan fingerprint density at radius 1 is 1.29 bits per heavy atom. The van der Waals surface area contributed by atoms with E-state index in [2.05, 4.69) is 10.3 Å². The predicted octanol–water partition coefficient (Wildman–Crippen LogP) is 2.78. The molecule has 0 saturated carbocycles. The lowest BCUT2D eigenvalue weighted by Crippen LogP contribution is -2.29. The molecule has 0 aromatic heterocycles. The molecular formula is C17H22BrN3O2S. The average Bonchev–Trinajstić information content (AvgIpc) is 2.84. The van der Waals surface area contributed by atoms with Gasteiger partial charge in [0.2, 0.25) is 5.91 Å². The number of halogens is 1. The van der Waals surface area contributed by atoms with Crippen LogP contribution in [0, 0.1) is 0 Å². The summed E-state index contributed by atoms with van der Waals surface area (Å²) in [5.41, 5.74) is 1.17. The molecule has 0 radical (unpaired) electrons. The molecule has 1 aromatic carbocycles. The minimum absolute atomic E-state index is 0. The second-order valence-electron chi connectivity index (χ2n) is 4.94. The molecule has 2 amide bonds. The van der Waals surface area contributed by atoms with Crippen molar-refractivity contribution in [1.29, 1.82) is 0 Å². The molecule has 0 spiro atoms. The topological polar surface area (TPSA) is 61.8 Å². The van der Waals surface area contributed by atoms with Crippen LogP contribution in [0.4, 0.5) is 0 Å². The van der Waals surface area contributed by atoms with Gasteiger partial charge in [0.15, 0.2) is 5.17 Å². The summed E-state index contributed by atoms with van der Waals surface area (Å²) < 4.78 is 0. The number of benzene rings is 1. The molecule has 24 heavy (non-hydrogen) atoms. The number of amidine groups is 1. The van der Waals surface area contributed by atoms with Gasteiger partial charge < -0.3 is 5.32 Å². The third kappa shape index (κ3) is 5.49. The number of thioether (sulfide) groups is 1. The number of nitrogens with one attached hydrogen (secondary N) is 1. The molecule has 7 heteroatoms. The van der Waals surface area contributed by atoms with Crippen LogP contribution in [-0.4, -0.2) is 41.5 Å². The largest absolute Gasteiger partial charge is 0.352 e. The van der Waals surface area contributed by atoms with Crippen LogP contribution in [0.3, 0.4) is 0 Å². The van der Waals surface area contributed by atoms with Crippen LogP contribution >= 0.6 is 28.7 Å². The van der Waals surface area contributed by atoms with Crippen LogP contribution in [0.15, 0.2) is 46.3 Å². The van der Waals surface area contributed by atoms with Gasteiger partial charge in [-0.2, -0.15) is 0 Å². The van der Waals surface area contributed by atoms with Crippen molar-refractivity contribution >= 4 is 45.7 Å². The van der Waals surface area contributed by atoms with Crippen molar-refractivity contribution < 1.29 is 9.59 Å². The van der Waals surface area contributed by atoms with Crippen LogP contribution in [0.25, 0.3) is 0 Å². The van der Waals surface area contributed by atoms with E-state index in [1.807, 2.05) is 44.2 Å². The Hall–Kier alpha value is -1.60. The Kier molecular flexibility index (Phi) is 8.78. The Morgan fingerprint density at radius 3 is 2.62 bits per heavy atom. The number of aliphatic imine (C=N–C) groups is 1. The van der Waals surface area contributed by atoms with Gasteiger partial charge in [0.05, 0.1) is 4.91 Å². The number of carbonyl (C=O) groups excluding carboxylic acids is 2. The maximum absolute atomic E-state index is 12.2. The van der Waals surface area contributed by atoms with Gasteiger partial charge in [-0.3, -0.25) is 19.5 Å². The Balaban J connectivity index is 0.00000288. The summed E-state index contributed by atoms with van der Waals surface area (Å²) in [6.45, 7) is 5.52. The Bertz CT molecular complexity index is 632. The summed E-state index contributed by atoms with van der Waals surface area (Å²) >= 11 is 1.26. The molecule has 1 aromatic rings. The molecule has 130 valence electrons. The lowest BCUT2D eigenvalue weighted by molar-refractivity contribution is -0.123. The molecule has 0 bridgehead atoms. The van der Waals surface area contributed by atoms with Crippen LogP contribution in [0.5, 0.6) is 0 Å². The monoisotopic (exact) mass is 411 g/mol. The second-order valence-corrected chi connectivity index (χ2v) is 5.95. The number of rotatable bonds is 6. The molecule has 1 fully saturated rings. The highest BCUT2D eigenvalue weighted by Crippen LogP contribution is 2.30. The molecule has 0 unspecified atom stereocenters. The van der Waals surface area contributed by atoms with Gasteiger partial charge in [-0.1, -0.05) is 30.3 Å². The van der Waals surface area contributed by atoms with Crippen molar-refractivity contribution in [1.82, 2.24) is 10.2 Å². The highest BCUT2D eigenvalue weighted by molar-refractivity contribution is 8.93. The molecule has 0 atom stereocenters. The highest BCUT2D eigenvalue weighted by Gasteiger charge is 2.32. The summed E-state index contributed by atoms with van der Waals surface area (Å²) in [5.74, 6) is -0.395. The number of likely N-dealkylation sites (N-methyl/N-ethyl adjacent to an activating group) is 1. The van der Waals surface area contributed by atoms with E-state index in [0.29, 0.717) is 29.7 Å². The molecule has 1 heterocycles. The standard InChI is InChI=1S/C17H21N3O2S.BrH/c1-3-18-17-20(4-2)16(22)14(23-17)12-15(21)19-11-10-13-8-6-5-7-9-13;/h5-9,12H,3-4,10-11H2,1-2H3,(H,19,21);1H/b14-12-,18-17?;. The molecule has 2 rings (SSSR count). The van der Waals surface area contributed by atoms with Crippen molar-refractivity contribution in [2.24, 2.45) is 4.99 Å². The average molecular weight is 412 g/mol. The maximum atomic E-state index is 12.2. The second kappa shape index (κ2) is 10.3. The number of carbonyl (C=O) groups is 2. The van der Waals surface area contributed by atoms with E-state index in [1.54, 1.807) is 4.90 Å². The van der Waals surface area contributed by atoms with E-state index in [1.165, 1.54) is 23.4 Å². The molecule has 1 aliphatic rings. The fourth-order valence-corrected chi connectivity index (χ4v) is 3.26. The van der Waals surface area contributed by atoms with Gasteiger partial charge in [-0.05, 0) is 37.6 Å². The fraction of sp³-hybridized carbons (Fsp3) is 0.353. The van der Waals surface area contributed by atoms with Crippen LogP contribution in [0.2, 0.25) is 0 Å². The van der Waals surface area contributed by atoms with Crippen LogP contribution < -0.4 is 5.32 Å². The van der Waals surface area contributed by atoms with Gasteiger partial charge in [-0.25, -0.2) is 0 Å². The first-order chi connectivity index (χ1) is 11.2. The quantitative estimate of drug-likeness (QED) is 0.731. The minimum Gasteiger partial charge on any atom is -0.352 e. The van der Waals surface area contributed by atoms with Gasteiger partial charge in [0.1, 0.15) is 0 Å². The van der Waals surface area contributed by atoms with E-state index in [-0.39, 0.29) is 28.8 Å². The molecule has 1 saturated heterocycles. The van der Waals surface area contributed by atoms with Crippen molar-refractivity contribution in [3.63, 3.8) is 0 Å². The molecule has 5 nitrogen and oxygen atoms in total. The summed E-state index contributed by atoms with van der Waals surface area (Å²) in [7, 11) is 0. The normalized spacial score (nSPS) is 17.2. The molecule has 0 aliphatic carbocycles. The van der Waals surface area contributed by atoms with Crippen molar-refractivity contribution in [3.05, 3.63) is 46.9 Å². The van der Waals surface area contributed by atoms with E-state index >= 15 is 0 Å². The van der Waals surface area contributed by atoms with E-state index in [0.717, 1.165) is 6.42 Å². The van der Waals surface area contributed by atoms with E-state index < -0.39 is 0 Å². The highest BCUT2D eigenvalue weighted by atomic mass is 79.9. The van der Waals surface area contributed by atoms with Crippen LogP contribution in [-0.2, 0) is 16.0 Å². The first kappa shape index (κ1) is 20.4. The Labute approximate surface area is 157 Å². The lowest BCUT2D eigenvalue weighted by Gasteiger charge is -2.11. The lowest BCUT2D eigenvalue weighted by atomic mass is 10.1. The summed E-state index contributed by atoms with van der Waals surface area (Å²) in [6.07, 6.45) is 2.14. The summed E-state index contributed by atoms with van der Waals surface area (Å²) in [4.78, 5) is 30.5. The van der Waals surface area contributed by atoms with Crippen molar-refractivity contribution in [2.75, 3.05) is 19.6 Å². The molecule has 1 aliphatic heterocycles. The van der Waals surface area contributed by atoms with Gasteiger partial charge in [-0.15, -0.1) is 17.0 Å². The molecular weight excluding hydrogens is 390 g/mol. The Morgan fingerprint density at radius 2 is 2.00 bits per heavy atom. The van der Waals surface area contributed by atoms with Gasteiger partial charge in [0, 0.05) is 25.7 Å². The minimum atomic E-state index is -0.245. The zero-order chi connectivity index (χ0) is 16.7. The van der Waals surface area contributed by atoms with Gasteiger partial charge in [0.25, 0.3) is 5.91 Å². The smallest absolute Gasteiger partial charge is 0.266 e. The number of nitrogens with zero attached hydrogens (tertiary/aromatic N) is 2. The third-order valence-electron chi connectivity index (χ3n) is 3.32. The zero-order valence-corrected chi connectivity index (χ0v) is 16.3. The van der Waals surface area contributed by atoms with Crippen molar-refractivity contribution in [3.8, 4) is 0 Å². The SMILES string of the molecule is Br.CCN=C1S/C(=C\C(=O)NCCc2ccccc2)C(=O)N1CC. The number of hydrogen-bond acceptors (Lipinski definition) is 4. The summed E-state index contributed by atoms with van der Waals surface area (Å²) in [6, 6.07) is 9.95. The zero-order valence-electron chi connectivity index (χ0n) is 13.8.